The number of anilines is 2. The highest BCUT2D eigenvalue weighted by Crippen LogP contribution is 2.29. The van der Waals surface area contributed by atoms with E-state index in [1.165, 1.54) is 12.1 Å². The van der Waals surface area contributed by atoms with Crippen molar-refractivity contribution < 1.29 is 17.6 Å². The van der Waals surface area contributed by atoms with Crippen LogP contribution < -0.4 is 10.6 Å². The van der Waals surface area contributed by atoms with Gasteiger partial charge in [-0.2, -0.15) is 10.2 Å². The van der Waals surface area contributed by atoms with E-state index in [4.69, 9.17) is 32.0 Å². The smallest absolute Gasteiger partial charge is 0.316 e. The van der Waals surface area contributed by atoms with Crippen molar-refractivity contribution in [2.45, 2.75) is 25.9 Å². The number of benzene rings is 4. The van der Waals surface area contributed by atoms with Gasteiger partial charge in [0.05, 0.1) is 39.4 Å². The number of H-pyrrole nitrogens is 2. The molecule has 258 valence electrons. The van der Waals surface area contributed by atoms with Crippen LogP contribution in [0.25, 0.3) is 44.7 Å². The van der Waals surface area contributed by atoms with Crippen LogP contribution in [0.15, 0.2) is 87.8 Å². The summed E-state index contributed by atoms with van der Waals surface area (Å²) in [6.45, 7) is 3.79. The molecule has 12 nitrogen and oxygen atoms in total. The van der Waals surface area contributed by atoms with Crippen LogP contribution in [0.4, 0.5) is 20.8 Å². The molecular formula is C34H25Cl2F2IN10O2. The van der Waals surface area contributed by atoms with Gasteiger partial charge in [-0.3, -0.25) is 10.2 Å². The molecule has 0 saturated heterocycles. The monoisotopic (exact) mass is 840 g/mol. The van der Waals surface area contributed by atoms with E-state index >= 15 is 0 Å². The average molecular weight is 841 g/mol. The number of fused-ring (bicyclic) bond motifs is 2. The van der Waals surface area contributed by atoms with Crippen molar-refractivity contribution in [3.8, 4) is 22.9 Å². The summed E-state index contributed by atoms with van der Waals surface area (Å²) in [7, 11) is 0. The third-order valence-electron chi connectivity index (χ3n) is 7.86. The minimum Gasteiger partial charge on any atom is -0.403 e. The lowest BCUT2D eigenvalue weighted by atomic mass is 10.1. The van der Waals surface area contributed by atoms with Gasteiger partial charge in [-0.05, 0) is 108 Å². The minimum absolute atomic E-state index is 0.0744. The molecule has 4 aromatic heterocycles. The standard InChI is InChI=1S/C17H12ClFIN5O.C17H13ClFN5O/c1-8(9-2-4-13(19)12(18)7-9)21-17-25-24-16(26-17)10-3-5-14-11(6-10)15(20)23-22-14;1-9(10-2-4-14(19)13(18)7-10)21-17-24-23-16(25-17)11-3-5-15-12(6-11)8-20-22-15/h2-8H,1H3,(H,21,25)(H,22,23);2-9H,1H3,(H,20,22)(H,21,24). The van der Waals surface area contributed by atoms with Crippen molar-refractivity contribution in [3.05, 3.63) is 116 Å². The molecule has 0 bridgehead atoms. The van der Waals surface area contributed by atoms with Gasteiger partial charge in [-0.15, -0.1) is 10.2 Å². The number of hydrogen-bond acceptors (Lipinski definition) is 10. The summed E-state index contributed by atoms with van der Waals surface area (Å²) in [5, 5.41) is 38.5. The van der Waals surface area contributed by atoms with Crippen LogP contribution in [-0.4, -0.2) is 40.8 Å². The molecule has 4 N–H and O–H groups in total. The van der Waals surface area contributed by atoms with Crippen LogP contribution in [0.5, 0.6) is 0 Å². The molecule has 0 radical (unpaired) electrons. The zero-order valence-corrected chi connectivity index (χ0v) is 30.2. The molecule has 0 saturated carbocycles. The summed E-state index contributed by atoms with van der Waals surface area (Å²) < 4.78 is 38.9. The Balaban J connectivity index is 0.000000159. The van der Waals surface area contributed by atoms with Gasteiger partial charge in [0.15, 0.2) is 0 Å². The Labute approximate surface area is 311 Å². The normalized spacial score (nSPS) is 12.5. The molecule has 0 aliphatic carbocycles. The van der Waals surface area contributed by atoms with Crippen LogP contribution in [0.2, 0.25) is 10.0 Å². The number of nitrogens with zero attached hydrogens (tertiary/aromatic N) is 6. The molecule has 8 rings (SSSR count). The second-order valence-corrected chi connectivity index (χ2v) is 13.2. The van der Waals surface area contributed by atoms with Gasteiger partial charge in [0.1, 0.15) is 15.3 Å². The molecule has 4 heterocycles. The third-order valence-corrected chi connectivity index (χ3v) is 9.26. The first-order valence-corrected chi connectivity index (χ1v) is 17.1. The molecule has 0 fully saturated rings. The lowest BCUT2D eigenvalue weighted by molar-refractivity contribution is 0.572. The third kappa shape index (κ3) is 7.64. The zero-order chi connectivity index (χ0) is 35.6. The molecule has 0 aliphatic heterocycles. The summed E-state index contributed by atoms with van der Waals surface area (Å²) in [4.78, 5) is 0. The predicted octanol–water partition coefficient (Wildman–Crippen LogP) is 9.76. The Morgan fingerprint density at radius 3 is 1.86 bits per heavy atom. The number of nitrogens with one attached hydrogen (secondary N) is 4. The van der Waals surface area contributed by atoms with E-state index < -0.39 is 11.6 Å². The second-order valence-electron chi connectivity index (χ2n) is 11.3. The van der Waals surface area contributed by atoms with Crippen molar-refractivity contribution >= 4 is 79.6 Å². The van der Waals surface area contributed by atoms with Gasteiger partial charge in [-0.1, -0.05) is 45.5 Å². The van der Waals surface area contributed by atoms with E-state index in [1.807, 2.05) is 50.2 Å². The van der Waals surface area contributed by atoms with Crippen molar-refractivity contribution in [1.82, 2.24) is 40.8 Å². The van der Waals surface area contributed by atoms with Crippen LogP contribution >= 0.6 is 45.8 Å². The van der Waals surface area contributed by atoms with Gasteiger partial charge in [0.2, 0.25) is 11.8 Å². The largest absolute Gasteiger partial charge is 0.403 e. The lowest BCUT2D eigenvalue weighted by Crippen LogP contribution is -2.07. The SMILES string of the molecule is CC(Nc1nnc(-c2ccc3[nH]ncc3c2)o1)c1ccc(F)c(Cl)c1.CC(Nc1nnc(-c2ccc3n[nH]c(I)c3c2)o1)c1ccc(F)c(Cl)c1. The summed E-state index contributed by atoms with van der Waals surface area (Å²) in [5.74, 6) is -0.107. The van der Waals surface area contributed by atoms with Gasteiger partial charge in [-0.25, -0.2) is 8.78 Å². The molecule has 2 unspecified atom stereocenters. The van der Waals surface area contributed by atoms with E-state index in [-0.39, 0.29) is 34.2 Å². The summed E-state index contributed by atoms with van der Waals surface area (Å²) in [6, 6.07) is 20.7. The molecule has 0 amide bonds. The second kappa shape index (κ2) is 14.6. The number of rotatable bonds is 8. The lowest BCUT2D eigenvalue weighted by Gasteiger charge is -2.12. The van der Waals surface area contributed by atoms with E-state index in [9.17, 15) is 8.78 Å². The Kier molecular flexibility index (Phi) is 9.84. The van der Waals surface area contributed by atoms with Gasteiger partial charge < -0.3 is 19.5 Å². The predicted molar refractivity (Wildman–Crippen MR) is 198 cm³/mol. The number of aromatic amines is 2. The Morgan fingerprint density at radius 1 is 0.706 bits per heavy atom. The first-order chi connectivity index (χ1) is 24.6. The van der Waals surface area contributed by atoms with Crippen LogP contribution in [0.1, 0.15) is 37.1 Å². The first kappa shape index (κ1) is 34.3. The van der Waals surface area contributed by atoms with Crippen LogP contribution in [0, 0.1) is 15.3 Å². The number of halogens is 5. The van der Waals surface area contributed by atoms with Crippen molar-refractivity contribution in [2.24, 2.45) is 0 Å². The highest BCUT2D eigenvalue weighted by atomic mass is 127. The van der Waals surface area contributed by atoms with E-state index in [0.717, 1.165) is 47.8 Å². The molecule has 51 heavy (non-hydrogen) atoms. The fourth-order valence-electron chi connectivity index (χ4n) is 5.08. The quantitative estimate of drug-likeness (QED) is 0.109. The van der Waals surface area contributed by atoms with Gasteiger partial charge in [0, 0.05) is 21.9 Å². The maximum Gasteiger partial charge on any atom is 0.316 e. The Bertz CT molecular complexity index is 2480. The fraction of sp³-hybridized carbons (Fsp3) is 0.118. The maximum atomic E-state index is 13.3. The van der Waals surface area contributed by atoms with Crippen molar-refractivity contribution in [2.75, 3.05) is 10.6 Å². The average Bonchev–Trinajstić information content (AvgIpc) is 3.95. The highest BCUT2D eigenvalue weighted by Gasteiger charge is 2.16. The zero-order valence-electron chi connectivity index (χ0n) is 26.5. The first-order valence-electron chi connectivity index (χ1n) is 15.3. The Morgan fingerprint density at radius 2 is 1.27 bits per heavy atom. The van der Waals surface area contributed by atoms with E-state index in [2.05, 4.69) is 74.0 Å². The van der Waals surface area contributed by atoms with Crippen LogP contribution in [-0.2, 0) is 0 Å². The Hall–Kier alpha value is -5.13. The van der Waals surface area contributed by atoms with Crippen molar-refractivity contribution in [3.63, 3.8) is 0 Å². The molecule has 17 heteroatoms. The maximum absolute atomic E-state index is 13.3. The van der Waals surface area contributed by atoms with Gasteiger partial charge >= 0.3 is 12.0 Å². The van der Waals surface area contributed by atoms with E-state index in [0.29, 0.717) is 11.8 Å². The number of aromatic nitrogens is 8. The summed E-state index contributed by atoms with van der Waals surface area (Å²) in [5.41, 5.74) is 5.03. The summed E-state index contributed by atoms with van der Waals surface area (Å²) in [6.07, 6.45) is 1.73. The molecular weight excluding hydrogens is 816 g/mol. The molecule has 2 atom stereocenters. The molecule has 4 aromatic carbocycles. The van der Waals surface area contributed by atoms with Crippen LogP contribution in [0.3, 0.4) is 0 Å². The number of hydrogen-bond donors (Lipinski definition) is 4. The highest BCUT2D eigenvalue weighted by molar-refractivity contribution is 14.1. The molecule has 8 aromatic rings. The minimum atomic E-state index is -0.452. The van der Waals surface area contributed by atoms with Crippen molar-refractivity contribution in [1.29, 1.82) is 0 Å². The topological polar surface area (TPSA) is 159 Å². The molecule has 0 aliphatic rings. The van der Waals surface area contributed by atoms with Gasteiger partial charge in [0.25, 0.3) is 0 Å². The fourth-order valence-corrected chi connectivity index (χ4v) is 6.02. The van der Waals surface area contributed by atoms with E-state index in [1.54, 1.807) is 30.5 Å². The molecule has 0 spiro atoms. The summed E-state index contributed by atoms with van der Waals surface area (Å²) >= 11 is 13.8.